The molecule has 4 rings (SSSR count). The molecule has 0 aliphatic heterocycles. The number of para-hydroxylation sites is 1. The van der Waals surface area contributed by atoms with Crippen molar-refractivity contribution in [1.29, 1.82) is 0 Å². The van der Waals surface area contributed by atoms with Crippen LogP contribution in [0.2, 0.25) is 0 Å². The molecule has 7 nitrogen and oxygen atoms in total. The summed E-state index contributed by atoms with van der Waals surface area (Å²) in [4.78, 5) is 16.2. The topological polar surface area (TPSA) is 103 Å². The van der Waals surface area contributed by atoms with Gasteiger partial charge < -0.3 is 14.4 Å². The van der Waals surface area contributed by atoms with Crippen LogP contribution in [0.25, 0.3) is 22.0 Å². The van der Waals surface area contributed by atoms with E-state index < -0.39 is 29.2 Å². The number of ether oxygens (including phenoxy) is 1. The number of carboxylic acid groups (broad SMARTS) is 1. The Hall–Kier alpha value is -3.75. The third-order valence-corrected chi connectivity index (χ3v) is 6.16. The zero-order valence-electron chi connectivity index (χ0n) is 18.6. The van der Waals surface area contributed by atoms with Gasteiger partial charge in [0.2, 0.25) is 5.88 Å². The van der Waals surface area contributed by atoms with Crippen LogP contribution in [0.4, 0.5) is 5.69 Å². The van der Waals surface area contributed by atoms with E-state index >= 15 is 0 Å². The minimum atomic E-state index is -2.73. The number of hydrogen-bond acceptors (Lipinski definition) is 5. The molecule has 1 aromatic heterocycles. The first-order valence-electron chi connectivity index (χ1n) is 10.7. The minimum absolute atomic E-state index is 0.292. The van der Waals surface area contributed by atoms with E-state index in [1.807, 2.05) is 60.7 Å². The van der Waals surface area contributed by atoms with Gasteiger partial charge in [0, 0.05) is 28.4 Å². The molecule has 34 heavy (non-hydrogen) atoms. The molecular formula is C26H23N2O5S-. The highest BCUT2D eigenvalue weighted by Gasteiger charge is 2.30. The van der Waals surface area contributed by atoms with E-state index in [1.54, 1.807) is 38.1 Å². The molecule has 174 valence electrons. The first-order chi connectivity index (χ1) is 16.3. The molecule has 0 aliphatic rings. The molecule has 0 saturated heterocycles. The molecule has 0 saturated carbocycles. The maximum absolute atomic E-state index is 11.8. The first-order valence-corrected chi connectivity index (χ1v) is 11.7. The minimum Gasteiger partial charge on any atom is -0.755 e. The average molecular weight is 476 g/mol. The summed E-state index contributed by atoms with van der Waals surface area (Å²) in [5.41, 5.74) is 2.90. The van der Waals surface area contributed by atoms with Crippen LogP contribution in [0.5, 0.6) is 11.6 Å². The summed E-state index contributed by atoms with van der Waals surface area (Å²) in [5.74, 6) is -0.462. The molecule has 2 unspecified atom stereocenters. The fourth-order valence-electron chi connectivity index (χ4n) is 3.74. The smallest absolute Gasteiger partial charge is 0.327 e. The van der Waals surface area contributed by atoms with Gasteiger partial charge in [-0.15, -0.1) is 0 Å². The van der Waals surface area contributed by atoms with Crippen molar-refractivity contribution in [3.8, 4) is 22.8 Å². The number of carboxylic acids is 1. The van der Waals surface area contributed by atoms with E-state index in [2.05, 4.69) is 4.98 Å². The number of fused-ring (bicyclic) bond motifs is 1. The number of pyridine rings is 1. The number of nitrogens with zero attached hydrogens (tertiary/aromatic N) is 2. The molecule has 8 heteroatoms. The predicted molar refractivity (Wildman–Crippen MR) is 131 cm³/mol. The quantitative estimate of drug-likeness (QED) is 0.342. The number of anilines is 1. The second kappa shape index (κ2) is 10.0. The van der Waals surface area contributed by atoms with Gasteiger partial charge in [0.25, 0.3) is 0 Å². The Bertz CT molecular complexity index is 1320. The van der Waals surface area contributed by atoms with E-state index in [0.29, 0.717) is 17.3 Å². The lowest BCUT2D eigenvalue weighted by atomic mass is 10.0. The third-order valence-electron chi connectivity index (χ3n) is 5.40. The van der Waals surface area contributed by atoms with E-state index in [0.717, 1.165) is 26.3 Å². The van der Waals surface area contributed by atoms with Gasteiger partial charge in [0.1, 0.15) is 11.8 Å². The van der Waals surface area contributed by atoms with E-state index in [1.165, 1.54) is 0 Å². The van der Waals surface area contributed by atoms with Gasteiger partial charge in [-0.25, -0.2) is 9.78 Å². The van der Waals surface area contributed by atoms with Crippen LogP contribution in [0.1, 0.15) is 13.8 Å². The molecule has 0 radical (unpaired) electrons. The van der Waals surface area contributed by atoms with Crippen LogP contribution < -0.4 is 9.04 Å². The van der Waals surface area contributed by atoms with Crippen molar-refractivity contribution in [1.82, 2.24) is 4.98 Å². The molecule has 0 aliphatic carbocycles. The lowest BCUT2D eigenvalue weighted by Crippen LogP contribution is -2.45. The molecule has 1 heterocycles. The Balaban J connectivity index is 1.52. The van der Waals surface area contributed by atoms with Gasteiger partial charge in [-0.3, -0.25) is 8.51 Å². The van der Waals surface area contributed by atoms with Crippen LogP contribution in [-0.2, 0) is 16.1 Å². The molecule has 3 aromatic carbocycles. The fourth-order valence-corrected chi connectivity index (χ4v) is 4.55. The summed E-state index contributed by atoms with van der Waals surface area (Å²) in [7, 11) is 0. The number of carbonyl (C=O) groups is 1. The number of rotatable bonds is 8. The number of benzene rings is 3. The highest BCUT2D eigenvalue weighted by molar-refractivity contribution is 7.80. The van der Waals surface area contributed by atoms with Crippen LogP contribution >= 0.6 is 0 Å². The second-order valence-corrected chi connectivity index (χ2v) is 8.91. The van der Waals surface area contributed by atoms with Crippen molar-refractivity contribution in [2.24, 2.45) is 5.92 Å². The normalized spacial score (nSPS) is 12.9. The van der Waals surface area contributed by atoms with Crippen LogP contribution in [0.3, 0.4) is 0 Å². The maximum Gasteiger partial charge on any atom is 0.327 e. The van der Waals surface area contributed by atoms with Crippen molar-refractivity contribution < 1.29 is 23.4 Å². The summed E-state index contributed by atoms with van der Waals surface area (Å²) >= 11 is -2.73. The second-order valence-electron chi connectivity index (χ2n) is 8.09. The Morgan fingerprint density at radius 3 is 2.15 bits per heavy atom. The Kier molecular flexibility index (Phi) is 6.90. The summed E-state index contributed by atoms with van der Waals surface area (Å²) in [6, 6.07) is 24.6. The van der Waals surface area contributed by atoms with Gasteiger partial charge in [-0.1, -0.05) is 56.3 Å². The maximum atomic E-state index is 11.8. The third kappa shape index (κ3) is 5.08. The fraction of sp³-hybridized carbons (Fsp3) is 0.154. The Morgan fingerprint density at radius 2 is 1.56 bits per heavy atom. The van der Waals surface area contributed by atoms with Crippen molar-refractivity contribution in [2.75, 3.05) is 4.31 Å². The van der Waals surface area contributed by atoms with Crippen LogP contribution in [0.15, 0.2) is 84.9 Å². The van der Waals surface area contributed by atoms with Crippen LogP contribution in [0, 0.1) is 5.92 Å². The van der Waals surface area contributed by atoms with E-state index in [-0.39, 0.29) is 0 Å². The molecule has 1 N–H and O–H groups in total. The van der Waals surface area contributed by atoms with Crippen molar-refractivity contribution in [3.63, 3.8) is 0 Å². The summed E-state index contributed by atoms with van der Waals surface area (Å²) in [6.07, 6.45) is 0. The SMILES string of the molecule is CC(C)C(C(=O)O)N(c1ccc(-c2ccc(Oc3ccc4ccccc4n3)cc2)cc1)S(=O)[O-]. The van der Waals surface area contributed by atoms with Gasteiger partial charge in [0.05, 0.1) is 5.52 Å². The largest absolute Gasteiger partial charge is 0.755 e. The predicted octanol–water partition coefficient (Wildman–Crippen LogP) is 5.40. The summed E-state index contributed by atoms with van der Waals surface area (Å²) in [5, 5.41) is 10.5. The Labute approximate surface area is 200 Å². The van der Waals surface area contributed by atoms with Crippen molar-refractivity contribution >= 4 is 33.8 Å². The Morgan fingerprint density at radius 1 is 0.941 bits per heavy atom. The number of aliphatic carboxylic acids is 1. The molecule has 0 bridgehead atoms. The lowest BCUT2D eigenvalue weighted by molar-refractivity contribution is -0.139. The van der Waals surface area contributed by atoms with E-state index in [4.69, 9.17) is 4.74 Å². The molecule has 0 fully saturated rings. The number of aromatic nitrogens is 1. The standard InChI is InChI=1S/C26H24N2O5S/c1-17(2)25(26(29)30)28(34(31)32)21-12-7-18(8-13-21)19-9-14-22(15-10-19)33-24-16-11-20-5-3-4-6-23(20)27-24/h3-17,25H,1-2H3,(H,29,30)(H,31,32)/p-1. The molecule has 0 spiro atoms. The van der Waals surface area contributed by atoms with Crippen molar-refractivity contribution in [3.05, 3.63) is 84.9 Å². The first kappa shape index (κ1) is 23.4. The van der Waals surface area contributed by atoms with Crippen molar-refractivity contribution in [2.45, 2.75) is 19.9 Å². The number of hydrogen-bond donors (Lipinski definition) is 1. The molecule has 4 aromatic rings. The highest BCUT2D eigenvalue weighted by atomic mass is 32.2. The molecule has 0 amide bonds. The van der Waals surface area contributed by atoms with E-state index in [9.17, 15) is 18.7 Å². The van der Waals surface area contributed by atoms with Gasteiger partial charge in [0.15, 0.2) is 0 Å². The zero-order valence-corrected chi connectivity index (χ0v) is 19.4. The van der Waals surface area contributed by atoms with Crippen LogP contribution in [-0.4, -0.2) is 30.9 Å². The zero-order chi connectivity index (χ0) is 24.2. The van der Waals surface area contributed by atoms with Gasteiger partial charge >= 0.3 is 5.97 Å². The lowest BCUT2D eigenvalue weighted by Gasteiger charge is -2.34. The summed E-state index contributed by atoms with van der Waals surface area (Å²) in [6.45, 7) is 3.34. The average Bonchev–Trinajstić information content (AvgIpc) is 2.82. The molecular weight excluding hydrogens is 452 g/mol. The summed E-state index contributed by atoms with van der Waals surface area (Å²) < 4.78 is 30.4. The monoisotopic (exact) mass is 475 g/mol. The van der Waals surface area contributed by atoms with Gasteiger partial charge in [-0.2, -0.15) is 0 Å². The highest BCUT2D eigenvalue weighted by Crippen LogP contribution is 2.29. The molecule has 2 atom stereocenters. The van der Waals surface area contributed by atoms with Gasteiger partial charge in [-0.05, 0) is 53.4 Å².